The summed E-state index contributed by atoms with van der Waals surface area (Å²) < 4.78 is 8.70. The predicted molar refractivity (Wildman–Crippen MR) is 35.4 cm³/mol. The van der Waals surface area contributed by atoms with E-state index in [2.05, 4.69) is 0 Å². The third kappa shape index (κ3) is 37.1. The Balaban J connectivity index is -0.000000114. The zero-order valence-electron chi connectivity index (χ0n) is 6.18. The molecule has 7 heteroatoms. The minimum absolute atomic E-state index is 0. The standard InChI is InChI=1S/C4H10O2.HO3P.Tc/c1-3(5)4(2)6;1-4(2)3;/h3-6H,1-2H3;(H-,1,2,3);/p+1/t3-,4+;;/i;;1+1. The van der Waals surface area contributed by atoms with E-state index in [0.717, 1.165) is 0 Å². The van der Waals surface area contributed by atoms with Crippen LogP contribution in [0.3, 0.4) is 0 Å². The number of aliphatic hydroxyl groups is 2. The molecule has 0 aliphatic rings. The van der Waals surface area contributed by atoms with Crippen molar-refractivity contribution in [1.82, 2.24) is 0 Å². The molecule has 1 radical (unpaired) electrons. The van der Waals surface area contributed by atoms with Crippen molar-refractivity contribution in [2.24, 2.45) is 0 Å². The van der Waals surface area contributed by atoms with Gasteiger partial charge in [-0.1, -0.05) is 0 Å². The molecule has 0 spiro atoms. The van der Waals surface area contributed by atoms with Gasteiger partial charge in [-0.05, 0) is 13.8 Å². The number of rotatable bonds is 1. The Hall–Kier alpha value is 0.589. The van der Waals surface area contributed by atoms with Crippen LogP contribution in [-0.2, 0) is 24.7 Å². The Kier molecular flexibility index (Phi) is 17.0. The first-order valence-corrected chi connectivity index (χ1v) is 3.75. The molecule has 5 nitrogen and oxygen atoms in total. The van der Waals surface area contributed by atoms with E-state index >= 15 is 0 Å². The van der Waals surface area contributed by atoms with Crippen molar-refractivity contribution in [3.05, 3.63) is 0 Å². The summed E-state index contributed by atoms with van der Waals surface area (Å²) in [7, 11) is -2.87. The molecule has 0 rings (SSSR count). The molecule has 4 N–H and O–H groups in total. The van der Waals surface area contributed by atoms with Crippen LogP contribution in [0.4, 0.5) is 0 Å². The van der Waals surface area contributed by atoms with Crippen LogP contribution in [0, 0.1) is 0 Å². The van der Waals surface area contributed by atoms with Crippen LogP contribution in [0.5, 0.6) is 0 Å². The normalized spacial score (nSPS) is 13.3. The van der Waals surface area contributed by atoms with Crippen molar-refractivity contribution < 1.29 is 44.7 Å². The van der Waals surface area contributed by atoms with Crippen molar-refractivity contribution in [2.75, 3.05) is 0 Å². The first-order valence-electron chi connectivity index (χ1n) is 2.59. The summed E-state index contributed by atoms with van der Waals surface area (Å²) in [4.78, 5) is 14.2. The van der Waals surface area contributed by atoms with E-state index in [0.29, 0.717) is 0 Å². The van der Waals surface area contributed by atoms with Gasteiger partial charge in [0, 0.05) is 24.7 Å². The van der Waals surface area contributed by atoms with Gasteiger partial charge in [0.2, 0.25) is 0 Å². The minimum atomic E-state index is -2.87. The molecule has 0 unspecified atom stereocenters. The molecule has 0 saturated carbocycles. The summed E-state index contributed by atoms with van der Waals surface area (Å²) in [6.45, 7) is 3.09. The molecule has 0 fully saturated rings. The number of aliphatic hydroxyl groups excluding tert-OH is 2. The van der Waals surface area contributed by atoms with E-state index < -0.39 is 20.5 Å². The maximum atomic E-state index is 8.70. The number of hydrogen-bond donors (Lipinski definition) is 4. The van der Waals surface area contributed by atoms with Gasteiger partial charge in [-0.25, -0.2) is 0 Å². The Labute approximate surface area is 79.4 Å². The van der Waals surface area contributed by atoms with Crippen LogP contribution in [0.15, 0.2) is 0 Å². The fourth-order valence-corrected chi connectivity index (χ4v) is 0. The van der Waals surface area contributed by atoms with Crippen LogP contribution in [0.25, 0.3) is 0 Å². The first-order chi connectivity index (χ1) is 4.37. The molecule has 0 aliphatic heterocycles. The van der Waals surface area contributed by atoms with E-state index in [1.807, 2.05) is 0 Å². The van der Waals surface area contributed by atoms with Gasteiger partial charge < -0.3 is 10.2 Å². The fourth-order valence-electron chi connectivity index (χ4n) is 0. The van der Waals surface area contributed by atoms with Gasteiger partial charge in [0.05, 0.1) is 12.2 Å². The van der Waals surface area contributed by atoms with E-state index in [-0.39, 0.29) is 20.1 Å². The summed E-state index contributed by atoms with van der Waals surface area (Å²) in [5.74, 6) is 0. The van der Waals surface area contributed by atoms with Gasteiger partial charge in [0.15, 0.2) is 0 Å². The summed E-state index contributed by atoms with van der Waals surface area (Å²) >= 11 is 0. The van der Waals surface area contributed by atoms with Crippen LogP contribution in [0.2, 0.25) is 0 Å². The van der Waals surface area contributed by atoms with Gasteiger partial charge in [0.25, 0.3) is 0 Å². The molecule has 0 aliphatic carbocycles. The maximum absolute atomic E-state index is 8.70. The van der Waals surface area contributed by atoms with Crippen molar-refractivity contribution in [3.63, 3.8) is 0 Å². The average molecular weight is 270 g/mol. The topological polar surface area (TPSA) is 98.0 Å². The zero-order valence-corrected chi connectivity index (χ0v) is 8.93. The van der Waals surface area contributed by atoms with E-state index in [4.69, 9.17) is 24.6 Å². The molecule has 2 atom stereocenters. The average Bonchev–Trinajstić information content (AvgIpc) is 1.63. The van der Waals surface area contributed by atoms with Crippen LogP contribution < -0.4 is 0 Å². The summed E-state index contributed by atoms with van der Waals surface area (Å²) in [5, 5.41) is 16.8. The third-order valence-corrected chi connectivity index (χ3v) is 0.698. The monoisotopic (exact) mass is 270 g/mol. The molecule has 0 bridgehead atoms. The summed E-state index contributed by atoms with van der Waals surface area (Å²) in [5.41, 5.74) is 0. The predicted octanol–water partition coefficient (Wildman–Crippen LogP) is -0.626. The van der Waals surface area contributed by atoms with E-state index in [1.54, 1.807) is 13.8 Å². The third-order valence-electron chi connectivity index (χ3n) is 0.698. The quantitative estimate of drug-likeness (QED) is 0.476. The van der Waals surface area contributed by atoms with Gasteiger partial charge in [-0.2, -0.15) is 0 Å². The number of hydrogen-bond acceptors (Lipinski definition) is 3. The molecule has 0 heterocycles. The minimum Gasteiger partial charge on any atom is -0.391 e. The molecule has 0 aromatic heterocycles. The van der Waals surface area contributed by atoms with Gasteiger partial charge in [-0.15, -0.1) is 9.79 Å². The van der Waals surface area contributed by atoms with Gasteiger partial charge >= 0.3 is 8.25 Å². The van der Waals surface area contributed by atoms with Crippen molar-refractivity contribution in [3.8, 4) is 0 Å². The second-order valence-corrected chi connectivity index (χ2v) is 2.24. The van der Waals surface area contributed by atoms with Crippen LogP contribution in [0.1, 0.15) is 13.8 Å². The fraction of sp³-hybridized carbons (Fsp3) is 1.00. The first kappa shape index (κ1) is 17.6. The SMILES string of the molecule is C[C@H](O)[C@@H](C)O.O=[P+](O)O.[99Tc]. The largest absolute Gasteiger partial charge is 0.692 e. The van der Waals surface area contributed by atoms with Crippen LogP contribution >= 0.6 is 8.25 Å². The van der Waals surface area contributed by atoms with Crippen molar-refractivity contribution in [1.29, 1.82) is 0 Å². The molecular weight excluding hydrogens is 258 g/mol. The molecule has 11 heavy (non-hydrogen) atoms. The van der Waals surface area contributed by atoms with E-state index in [1.165, 1.54) is 0 Å². The second-order valence-electron chi connectivity index (χ2n) is 1.73. The van der Waals surface area contributed by atoms with Crippen molar-refractivity contribution >= 4 is 8.25 Å². The summed E-state index contributed by atoms with van der Waals surface area (Å²) in [6, 6.07) is 0. The molecule has 0 aromatic rings. The Morgan fingerprint density at radius 1 is 1.09 bits per heavy atom. The van der Waals surface area contributed by atoms with Gasteiger partial charge in [0.1, 0.15) is 0 Å². The Bertz CT molecular complexity index is 86.5. The second kappa shape index (κ2) is 10.6. The smallest absolute Gasteiger partial charge is 0.391 e. The summed E-state index contributed by atoms with van der Waals surface area (Å²) in [6.07, 6.45) is -1.19. The van der Waals surface area contributed by atoms with E-state index in [9.17, 15) is 0 Å². The molecule has 0 saturated heterocycles. The zero-order chi connectivity index (χ0) is 8.73. The Morgan fingerprint density at radius 3 is 1.18 bits per heavy atom. The maximum Gasteiger partial charge on any atom is 0.692 e. The molecular formula is C4H12O5PTc+. The van der Waals surface area contributed by atoms with Gasteiger partial charge in [-0.3, -0.25) is 0 Å². The van der Waals surface area contributed by atoms with Crippen molar-refractivity contribution in [2.45, 2.75) is 26.1 Å². The molecule has 0 amide bonds. The molecule has 0 aromatic carbocycles. The Morgan fingerprint density at radius 2 is 1.18 bits per heavy atom. The molecule has 69 valence electrons. The van der Waals surface area contributed by atoms with Crippen LogP contribution in [-0.4, -0.2) is 32.2 Å².